The smallest absolute Gasteiger partial charge is 0.329 e. The van der Waals surface area contributed by atoms with Crippen LogP contribution in [0.15, 0.2) is 6.20 Å². The zero-order chi connectivity index (χ0) is 16.5. The van der Waals surface area contributed by atoms with Crippen LogP contribution in [-0.2, 0) is 5.41 Å². The summed E-state index contributed by atoms with van der Waals surface area (Å²) < 4.78 is 32.7. The Labute approximate surface area is 129 Å². The van der Waals surface area contributed by atoms with Crippen molar-refractivity contribution in [1.82, 2.24) is 14.9 Å². The van der Waals surface area contributed by atoms with Gasteiger partial charge in [0.05, 0.1) is 12.8 Å². The Morgan fingerprint density at radius 2 is 2.00 bits per heavy atom. The minimum Gasteiger partial charge on any atom is -0.468 e. The van der Waals surface area contributed by atoms with E-state index in [2.05, 4.69) is 10.3 Å². The average molecular weight is 315 g/mol. The second-order valence-corrected chi connectivity index (χ2v) is 6.81. The van der Waals surface area contributed by atoms with E-state index in [-0.39, 0.29) is 43.2 Å². The number of rotatable bonds is 2. The highest BCUT2D eigenvalue weighted by Crippen LogP contribution is 2.33. The molecule has 0 atom stereocenters. The lowest BCUT2D eigenvalue weighted by Gasteiger charge is -2.28. The van der Waals surface area contributed by atoms with E-state index in [1.807, 2.05) is 20.8 Å². The Kier molecular flexibility index (Phi) is 4.44. The van der Waals surface area contributed by atoms with E-state index < -0.39 is 12.0 Å². The first kappa shape index (κ1) is 16.7. The predicted octanol–water partition coefficient (Wildman–Crippen LogP) is 3.32. The molecular weight excluding hydrogens is 292 g/mol. The summed E-state index contributed by atoms with van der Waals surface area (Å²) in [5.74, 6) is -2.60. The summed E-state index contributed by atoms with van der Waals surface area (Å²) >= 11 is 0. The highest BCUT2D eigenvalue weighted by molar-refractivity contribution is 5.78. The highest BCUT2D eigenvalue weighted by atomic mass is 19.3. The lowest BCUT2D eigenvalue weighted by Crippen LogP contribution is -2.42. The summed E-state index contributed by atoms with van der Waals surface area (Å²) in [6.45, 7) is 5.96. The van der Waals surface area contributed by atoms with Crippen LogP contribution in [0.4, 0.5) is 13.6 Å². The third-order valence-electron chi connectivity index (χ3n) is 3.89. The lowest BCUT2D eigenvalue weighted by atomic mass is 9.92. The van der Waals surface area contributed by atoms with Gasteiger partial charge < -0.3 is 10.1 Å². The molecule has 1 amide bonds. The van der Waals surface area contributed by atoms with Gasteiger partial charge in [-0.1, -0.05) is 20.8 Å². The maximum atomic E-state index is 13.1. The molecule has 1 heterocycles. The monoisotopic (exact) mass is 315 g/mol. The normalized spacial score (nSPS) is 19.0. The van der Waals surface area contributed by atoms with Gasteiger partial charge in [-0.05, 0) is 12.8 Å². The van der Waals surface area contributed by atoms with Crippen LogP contribution in [-0.4, -0.2) is 34.7 Å². The SMILES string of the molecule is COc1nc(C(C)(C)C)cn1C(=O)NC1CCC(F)(F)CC1. The summed E-state index contributed by atoms with van der Waals surface area (Å²) in [4.78, 5) is 16.6. The van der Waals surface area contributed by atoms with Gasteiger partial charge in [0, 0.05) is 30.5 Å². The molecule has 1 saturated carbocycles. The molecule has 1 N–H and O–H groups in total. The lowest BCUT2D eigenvalue weighted by molar-refractivity contribution is -0.0395. The molecule has 0 radical (unpaired) electrons. The van der Waals surface area contributed by atoms with E-state index in [0.717, 1.165) is 5.69 Å². The number of nitrogens with zero attached hydrogens (tertiary/aromatic N) is 2. The van der Waals surface area contributed by atoms with Gasteiger partial charge in [0.1, 0.15) is 0 Å². The molecule has 124 valence electrons. The number of carbonyl (C=O) groups is 1. The van der Waals surface area contributed by atoms with Gasteiger partial charge in [0.2, 0.25) is 5.92 Å². The van der Waals surface area contributed by atoms with Crippen molar-refractivity contribution in [1.29, 1.82) is 0 Å². The van der Waals surface area contributed by atoms with E-state index >= 15 is 0 Å². The first-order valence-corrected chi connectivity index (χ1v) is 7.45. The molecule has 1 aliphatic carbocycles. The number of alkyl halides is 2. The summed E-state index contributed by atoms with van der Waals surface area (Å²) in [5, 5.41) is 2.78. The van der Waals surface area contributed by atoms with Crippen LogP contribution >= 0.6 is 0 Å². The number of hydrogen-bond donors (Lipinski definition) is 1. The molecule has 1 aliphatic rings. The van der Waals surface area contributed by atoms with Gasteiger partial charge in [-0.3, -0.25) is 0 Å². The fourth-order valence-electron chi connectivity index (χ4n) is 2.44. The van der Waals surface area contributed by atoms with Gasteiger partial charge in [-0.2, -0.15) is 4.98 Å². The van der Waals surface area contributed by atoms with Crippen molar-refractivity contribution >= 4 is 6.03 Å². The van der Waals surface area contributed by atoms with Gasteiger partial charge in [0.25, 0.3) is 0 Å². The Morgan fingerprint density at radius 3 is 2.50 bits per heavy atom. The number of nitrogens with one attached hydrogen (secondary N) is 1. The minimum absolute atomic E-state index is 0.188. The van der Waals surface area contributed by atoms with Crippen molar-refractivity contribution in [2.75, 3.05) is 7.11 Å². The summed E-state index contributed by atoms with van der Waals surface area (Å²) in [6, 6.07) is -0.434. The van der Waals surface area contributed by atoms with Crippen LogP contribution in [0.2, 0.25) is 0 Å². The largest absolute Gasteiger partial charge is 0.468 e. The van der Waals surface area contributed by atoms with Crippen LogP contribution in [0.25, 0.3) is 0 Å². The molecule has 0 saturated heterocycles. The van der Waals surface area contributed by atoms with Crippen LogP contribution in [0.3, 0.4) is 0 Å². The van der Waals surface area contributed by atoms with E-state index in [4.69, 9.17) is 4.74 Å². The molecule has 0 spiro atoms. The first-order chi connectivity index (χ1) is 10.1. The van der Waals surface area contributed by atoms with Crippen LogP contribution < -0.4 is 10.1 Å². The van der Waals surface area contributed by atoms with Gasteiger partial charge >= 0.3 is 12.0 Å². The summed E-state index contributed by atoms with van der Waals surface area (Å²) in [6.07, 6.45) is 1.81. The van der Waals surface area contributed by atoms with Crippen LogP contribution in [0, 0.1) is 0 Å². The van der Waals surface area contributed by atoms with Crippen molar-refractivity contribution in [2.45, 2.75) is 63.8 Å². The zero-order valence-electron chi connectivity index (χ0n) is 13.4. The first-order valence-electron chi connectivity index (χ1n) is 7.45. The fourth-order valence-corrected chi connectivity index (χ4v) is 2.44. The number of carbonyl (C=O) groups excluding carboxylic acids is 1. The zero-order valence-corrected chi connectivity index (χ0v) is 13.4. The van der Waals surface area contributed by atoms with Crippen molar-refractivity contribution in [3.8, 4) is 6.01 Å². The highest BCUT2D eigenvalue weighted by Gasteiger charge is 2.35. The molecule has 0 bridgehead atoms. The number of aromatic nitrogens is 2. The Hall–Kier alpha value is -1.66. The maximum absolute atomic E-state index is 13.1. The number of halogens is 2. The van der Waals surface area contributed by atoms with Crippen molar-refractivity contribution in [2.24, 2.45) is 0 Å². The van der Waals surface area contributed by atoms with E-state index in [1.165, 1.54) is 11.7 Å². The Morgan fingerprint density at radius 1 is 1.41 bits per heavy atom. The molecule has 7 heteroatoms. The third-order valence-corrected chi connectivity index (χ3v) is 3.89. The third kappa shape index (κ3) is 3.75. The summed E-state index contributed by atoms with van der Waals surface area (Å²) in [7, 11) is 1.44. The van der Waals surface area contributed by atoms with Gasteiger partial charge in [-0.15, -0.1) is 0 Å². The van der Waals surface area contributed by atoms with E-state index in [1.54, 1.807) is 6.20 Å². The molecule has 0 aromatic carbocycles. The molecule has 1 fully saturated rings. The Balaban J connectivity index is 2.08. The van der Waals surface area contributed by atoms with Gasteiger partial charge in [0.15, 0.2) is 0 Å². The number of hydrogen-bond acceptors (Lipinski definition) is 3. The van der Waals surface area contributed by atoms with Crippen molar-refractivity contribution in [3.05, 3.63) is 11.9 Å². The van der Waals surface area contributed by atoms with Crippen LogP contribution in [0.5, 0.6) is 6.01 Å². The number of ether oxygens (including phenoxy) is 1. The molecule has 1 aromatic heterocycles. The van der Waals surface area contributed by atoms with E-state index in [9.17, 15) is 13.6 Å². The second-order valence-electron chi connectivity index (χ2n) is 6.81. The van der Waals surface area contributed by atoms with Gasteiger partial charge in [-0.25, -0.2) is 18.1 Å². The molecule has 1 aromatic rings. The van der Waals surface area contributed by atoms with Crippen molar-refractivity contribution in [3.63, 3.8) is 0 Å². The maximum Gasteiger partial charge on any atom is 0.329 e. The second kappa shape index (κ2) is 5.85. The standard InChI is InChI=1S/C15H23F2N3O2/c1-14(2,3)11-9-20(13(19-11)22-4)12(21)18-10-5-7-15(16,17)8-6-10/h9-10H,5-8H2,1-4H3,(H,18,21). The Bertz CT molecular complexity index is 539. The fraction of sp³-hybridized carbons (Fsp3) is 0.733. The number of amides is 1. The number of methoxy groups -OCH3 is 1. The van der Waals surface area contributed by atoms with Crippen molar-refractivity contribution < 1.29 is 18.3 Å². The molecule has 0 aliphatic heterocycles. The molecule has 22 heavy (non-hydrogen) atoms. The predicted molar refractivity (Wildman–Crippen MR) is 78.6 cm³/mol. The summed E-state index contributed by atoms with van der Waals surface area (Å²) in [5.41, 5.74) is 0.515. The number of imidazole rings is 1. The quantitative estimate of drug-likeness (QED) is 0.911. The molecule has 2 rings (SSSR count). The average Bonchev–Trinajstić information content (AvgIpc) is 2.85. The van der Waals surface area contributed by atoms with E-state index in [0.29, 0.717) is 0 Å². The molecule has 5 nitrogen and oxygen atoms in total. The molecule has 0 unspecified atom stereocenters. The van der Waals surface area contributed by atoms with Crippen LogP contribution in [0.1, 0.15) is 52.1 Å². The minimum atomic E-state index is -2.60. The molecular formula is C15H23F2N3O2. The topological polar surface area (TPSA) is 56.2 Å².